The highest BCUT2D eigenvalue weighted by Gasteiger charge is 2.33. The topological polar surface area (TPSA) is 62.5 Å². The first-order valence-corrected chi connectivity index (χ1v) is 10.4. The highest BCUT2D eigenvalue weighted by Crippen LogP contribution is 2.33. The number of carbonyl (C=O) groups is 1. The number of pyridine rings is 1. The summed E-state index contributed by atoms with van der Waals surface area (Å²) in [6, 6.07) is 20.0. The lowest BCUT2D eigenvalue weighted by atomic mass is 10.1. The van der Waals surface area contributed by atoms with Gasteiger partial charge in [-0.25, -0.2) is 13.7 Å². The number of aromatic nitrogens is 3. The van der Waals surface area contributed by atoms with E-state index < -0.39 is 0 Å². The molecule has 31 heavy (non-hydrogen) atoms. The molecule has 2 amide bonds. The van der Waals surface area contributed by atoms with Gasteiger partial charge < -0.3 is 10.2 Å². The highest BCUT2D eigenvalue weighted by molar-refractivity contribution is 5.75. The van der Waals surface area contributed by atoms with Gasteiger partial charge in [0.05, 0.1) is 11.6 Å². The number of carbonyl (C=O) groups excluding carboxylic acids is 1. The Labute approximate surface area is 179 Å². The zero-order valence-electron chi connectivity index (χ0n) is 16.9. The molecule has 0 spiro atoms. The van der Waals surface area contributed by atoms with Crippen LogP contribution in [0.2, 0.25) is 0 Å². The summed E-state index contributed by atoms with van der Waals surface area (Å²) in [5, 5.41) is 11.7. The second-order valence-electron chi connectivity index (χ2n) is 7.73. The molecule has 0 saturated carbocycles. The predicted molar refractivity (Wildman–Crippen MR) is 116 cm³/mol. The number of hydrogen-bond acceptors (Lipinski definition) is 3. The van der Waals surface area contributed by atoms with E-state index >= 15 is 0 Å². The highest BCUT2D eigenvalue weighted by atomic mass is 19.1. The Morgan fingerprint density at radius 1 is 1.06 bits per heavy atom. The van der Waals surface area contributed by atoms with E-state index in [4.69, 9.17) is 0 Å². The van der Waals surface area contributed by atoms with Gasteiger partial charge in [0.1, 0.15) is 11.5 Å². The van der Waals surface area contributed by atoms with Crippen LogP contribution < -0.4 is 5.32 Å². The fourth-order valence-corrected chi connectivity index (χ4v) is 4.16. The third kappa shape index (κ3) is 3.86. The molecule has 2 aromatic carbocycles. The Morgan fingerprint density at radius 2 is 1.94 bits per heavy atom. The number of rotatable bonds is 4. The maximum absolute atomic E-state index is 13.6. The van der Waals surface area contributed by atoms with Gasteiger partial charge in [0.2, 0.25) is 0 Å². The molecule has 0 radical (unpaired) electrons. The number of nitrogens with one attached hydrogen (secondary N) is 1. The SMILES string of the molecule is O=C(NCc1ccccc1)N1CCCC1c1nnn2cc(-c3cccc(F)c3)ccc12. The summed E-state index contributed by atoms with van der Waals surface area (Å²) < 4.78 is 15.3. The van der Waals surface area contributed by atoms with Gasteiger partial charge in [-0.3, -0.25) is 0 Å². The van der Waals surface area contributed by atoms with Crippen molar-refractivity contribution in [1.82, 2.24) is 25.0 Å². The van der Waals surface area contributed by atoms with E-state index in [0.29, 0.717) is 13.1 Å². The van der Waals surface area contributed by atoms with Crippen molar-refractivity contribution in [2.24, 2.45) is 0 Å². The Bertz CT molecular complexity index is 1220. The molecule has 1 N–H and O–H groups in total. The van der Waals surface area contributed by atoms with Crippen LogP contribution in [-0.4, -0.2) is 32.3 Å². The summed E-state index contributed by atoms with van der Waals surface area (Å²) in [5.41, 5.74) is 4.34. The van der Waals surface area contributed by atoms with Gasteiger partial charge in [0.25, 0.3) is 0 Å². The Morgan fingerprint density at radius 3 is 2.77 bits per heavy atom. The number of halogens is 1. The minimum atomic E-state index is -0.278. The van der Waals surface area contributed by atoms with Crippen LogP contribution >= 0.6 is 0 Å². The van der Waals surface area contributed by atoms with Gasteiger partial charge in [0, 0.05) is 24.8 Å². The number of urea groups is 1. The summed E-state index contributed by atoms with van der Waals surface area (Å²) in [6.07, 6.45) is 3.61. The van der Waals surface area contributed by atoms with Crippen molar-refractivity contribution in [3.05, 3.63) is 90.0 Å². The molecule has 5 rings (SSSR count). The van der Waals surface area contributed by atoms with E-state index in [1.165, 1.54) is 12.1 Å². The van der Waals surface area contributed by atoms with Crippen molar-refractivity contribution in [2.75, 3.05) is 6.54 Å². The summed E-state index contributed by atoms with van der Waals surface area (Å²) >= 11 is 0. The molecule has 1 aliphatic rings. The molecule has 1 saturated heterocycles. The predicted octanol–water partition coefficient (Wildman–Crippen LogP) is 4.58. The lowest BCUT2D eigenvalue weighted by molar-refractivity contribution is 0.192. The molecule has 0 bridgehead atoms. The fraction of sp³-hybridized carbons (Fsp3) is 0.208. The minimum Gasteiger partial charge on any atom is -0.334 e. The first-order valence-electron chi connectivity index (χ1n) is 10.4. The van der Waals surface area contributed by atoms with Crippen molar-refractivity contribution in [1.29, 1.82) is 0 Å². The molecule has 6 nitrogen and oxygen atoms in total. The van der Waals surface area contributed by atoms with Crippen molar-refractivity contribution in [3.63, 3.8) is 0 Å². The molecule has 2 aromatic heterocycles. The van der Waals surface area contributed by atoms with Crippen LogP contribution in [0.3, 0.4) is 0 Å². The van der Waals surface area contributed by atoms with Crippen LogP contribution in [0.15, 0.2) is 72.9 Å². The van der Waals surface area contributed by atoms with Gasteiger partial charge in [-0.15, -0.1) is 5.10 Å². The van der Waals surface area contributed by atoms with Gasteiger partial charge in [0.15, 0.2) is 0 Å². The summed E-state index contributed by atoms with van der Waals surface area (Å²) in [5.74, 6) is -0.278. The maximum atomic E-state index is 13.6. The molecule has 1 aliphatic heterocycles. The molecule has 1 atom stereocenters. The first kappa shape index (κ1) is 19.2. The Kier molecular flexibility index (Phi) is 5.08. The second kappa shape index (κ2) is 8.18. The van der Waals surface area contributed by atoms with Crippen molar-refractivity contribution >= 4 is 11.5 Å². The number of hydrogen-bond donors (Lipinski definition) is 1. The number of fused-ring (bicyclic) bond motifs is 1. The van der Waals surface area contributed by atoms with Gasteiger partial charge in [-0.1, -0.05) is 53.7 Å². The monoisotopic (exact) mass is 415 g/mol. The molecule has 3 heterocycles. The normalized spacial score (nSPS) is 16.0. The largest absolute Gasteiger partial charge is 0.334 e. The van der Waals surface area contributed by atoms with Gasteiger partial charge in [-0.05, 0) is 42.2 Å². The molecule has 0 aliphatic carbocycles. The van der Waals surface area contributed by atoms with Crippen molar-refractivity contribution in [3.8, 4) is 11.1 Å². The number of likely N-dealkylation sites (tertiary alicyclic amines) is 1. The van der Waals surface area contributed by atoms with Crippen LogP contribution in [0, 0.1) is 5.82 Å². The molecule has 1 unspecified atom stereocenters. The lowest BCUT2D eigenvalue weighted by Gasteiger charge is -2.23. The lowest BCUT2D eigenvalue weighted by Crippen LogP contribution is -2.39. The van der Waals surface area contributed by atoms with Crippen LogP contribution in [0.1, 0.15) is 30.1 Å². The quantitative estimate of drug-likeness (QED) is 0.531. The molecular weight excluding hydrogens is 393 g/mol. The zero-order chi connectivity index (χ0) is 21.2. The molecule has 7 heteroatoms. The third-order valence-electron chi connectivity index (χ3n) is 5.71. The van der Waals surface area contributed by atoms with Gasteiger partial charge in [-0.2, -0.15) is 0 Å². The summed E-state index contributed by atoms with van der Waals surface area (Å²) in [6.45, 7) is 1.17. The average molecular weight is 415 g/mol. The second-order valence-corrected chi connectivity index (χ2v) is 7.73. The Balaban J connectivity index is 1.37. The standard InChI is InChI=1S/C24H22FN5O/c25-20-9-4-8-18(14-20)19-11-12-22-23(27-28-30(22)16-19)21-10-5-13-29(21)24(31)26-15-17-6-2-1-3-7-17/h1-4,6-9,11-12,14,16,21H,5,10,13,15H2,(H,26,31). The molecular formula is C24H22FN5O. The van der Waals surface area contributed by atoms with E-state index in [0.717, 1.165) is 40.7 Å². The fourth-order valence-electron chi connectivity index (χ4n) is 4.16. The zero-order valence-corrected chi connectivity index (χ0v) is 16.9. The summed E-state index contributed by atoms with van der Waals surface area (Å²) in [7, 11) is 0. The van der Waals surface area contributed by atoms with Gasteiger partial charge >= 0.3 is 6.03 Å². The van der Waals surface area contributed by atoms with Crippen LogP contribution in [0.5, 0.6) is 0 Å². The first-order chi connectivity index (χ1) is 15.2. The van der Waals surface area contributed by atoms with E-state index in [1.807, 2.05) is 59.6 Å². The van der Waals surface area contributed by atoms with Crippen LogP contribution in [0.25, 0.3) is 16.6 Å². The summed E-state index contributed by atoms with van der Waals surface area (Å²) in [4.78, 5) is 14.7. The van der Waals surface area contributed by atoms with Crippen molar-refractivity contribution < 1.29 is 9.18 Å². The smallest absolute Gasteiger partial charge is 0.318 e. The van der Waals surface area contributed by atoms with E-state index in [9.17, 15) is 9.18 Å². The molecule has 4 aromatic rings. The minimum absolute atomic E-state index is 0.0936. The number of amides is 2. The number of benzene rings is 2. The molecule has 156 valence electrons. The van der Waals surface area contributed by atoms with Crippen molar-refractivity contribution in [2.45, 2.75) is 25.4 Å². The number of nitrogens with zero attached hydrogens (tertiary/aromatic N) is 4. The van der Waals surface area contributed by atoms with E-state index in [1.54, 1.807) is 10.6 Å². The van der Waals surface area contributed by atoms with Crippen LogP contribution in [0.4, 0.5) is 9.18 Å². The molecule has 1 fully saturated rings. The third-order valence-corrected chi connectivity index (χ3v) is 5.71. The average Bonchev–Trinajstić information content (AvgIpc) is 3.44. The van der Waals surface area contributed by atoms with E-state index in [2.05, 4.69) is 15.6 Å². The Hall–Kier alpha value is -3.74. The maximum Gasteiger partial charge on any atom is 0.318 e. The van der Waals surface area contributed by atoms with Crippen LogP contribution in [-0.2, 0) is 6.54 Å². The van der Waals surface area contributed by atoms with E-state index in [-0.39, 0.29) is 17.9 Å².